The number of likely N-dealkylation sites (N-methyl/N-ethyl adjacent to an activating group) is 1. The Bertz CT molecular complexity index is 382. The number of aromatic amines is 1. The molecule has 0 spiro atoms. The van der Waals surface area contributed by atoms with E-state index in [1.54, 1.807) is 24.2 Å². The molecule has 6 heteroatoms. The minimum atomic E-state index is -0.737. The van der Waals surface area contributed by atoms with E-state index in [1.807, 2.05) is 6.92 Å². The predicted octanol–water partition coefficient (Wildman–Crippen LogP) is 1.49. The Morgan fingerprint density at radius 1 is 1.82 bits per heavy atom. The summed E-state index contributed by atoms with van der Waals surface area (Å²) in [6, 6.07) is 0. The molecule has 0 amide bonds. The lowest BCUT2D eigenvalue weighted by Gasteiger charge is -2.25. The SMILES string of the molecule is CCNC1(C(=O)O)CCC(Sc2ncc[nH]2)C1. The summed E-state index contributed by atoms with van der Waals surface area (Å²) in [5.74, 6) is -0.734. The standard InChI is InChI=1S/C11H17N3O2S/c1-2-14-11(9(15)16)4-3-8(7-11)17-10-12-5-6-13-10/h5-6,8,14H,2-4,7H2,1H3,(H,12,13)(H,15,16). The number of nitrogens with one attached hydrogen (secondary N) is 2. The number of rotatable bonds is 5. The monoisotopic (exact) mass is 255 g/mol. The van der Waals surface area contributed by atoms with Crippen molar-refractivity contribution in [3.05, 3.63) is 12.4 Å². The third kappa shape index (κ3) is 2.63. The highest BCUT2D eigenvalue weighted by molar-refractivity contribution is 7.99. The first-order chi connectivity index (χ1) is 8.16. The fraction of sp³-hybridized carbons (Fsp3) is 0.636. The molecule has 0 saturated heterocycles. The Hall–Kier alpha value is -1.01. The van der Waals surface area contributed by atoms with E-state index in [1.165, 1.54) is 0 Å². The molecule has 1 saturated carbocycles. The second-order valence-electron chi connectivity index (χ2n) is 4.29. The molecule has 0 aromatic carbocycles. The van der Waals surface area contributed by atoms with Crippen LogP contribution in [0.25, 0.3) is 0 Å². The third-order valence-corrected chi connectivity index (χ3v) is 4.33. The van der Waals surface area contributed by atoms with Gasteiger partial charge in [0.15, 0.2) is 5.16 Å². The zero-order chi connectivity index (χ0) is 12.3. The molecule has 1 fully saturated rings. The number of hydrogen-bond donors (Lipinski definition) is 3. The van der Waals surface area contributed by atoms with E-state index in [9.17, 15) is 9.90 Å². The molecule has 17 heavy (non-hydrogen) atoms. The molecule has 1 aliphatic carbocycles. The number of nitrogens with zero attached hydrogens (tertiary/aromatic N) is 1. The van der Waals surface area contributed by atoms with Gasteiger partial charge in [-0.15, -0.1) is 0 Å². The van der Waals surface area contributed by atoms with Crippen LogP contribution in [0.1, 0.15) is 26.2 Å². The maximum atomic E-state index is 11.4. The van der Waals surface area contributed by atoms with Gasteiger partial charge < -0.3 is 15.4 Å². The fourth-order valence-electron chi connectivity index (χ4n) is 2.34. The number of aromatic nitrogens is 2. The van der Waals surface area contributed by atoms with Crippen LogP contribution in [0, 0.1) is 0 Å². The first-order valence-corrected chi connectivity index (χ1v) is 6.69. The summed E-state index contributed by atoms with van der Waals surface area (Å²) in [7, 11) is 0. The van der Waals surface area contributed by atoms with E-state index in [-0.39, 0.29) is 0 Å². The van der Waals surface area contributed by atoms with Gasteiger partial charge in [-0.2, -0.15) is 0 Å². The van der Waals surface area contributed by atoms with E-state index in [4.69, 9.17) is 0 Å². The Kier molecular flexibility index (Phi) is 3.73. The van der Waals surface area contributed by atoms with E-state index in [0.29, 0.717) is 24.6 Å². The van der Waals surface area contributed by atoms with Gasteiger partial charge in [0.25, 0.3) is 0 Å². The van der Waals surface area contributed by atoms with Crippen molar-refractivity contribution >= 4 is 17.7 Å². The van der Waals surface area contributed by atoms with Crippen molar-refractivity contribution in [3.63, 3.8) is 0 Å². The van der Waals surface area contributed by atoms with Crippen molar-refractivity contribution in [1.29, 1.82) is 0 Å². The molecule has 5 nitrogen and oxygen atoms in total. The number of carbonyl (C=O) groups is 1. The maximum Gasteiger partial charge on any atom is 0.323 e. The fourth-order valence-corrected chi connectivity index (χ4v) is 3.52. The minimum Gasteiger partial charge on any atom is -0.480 e. The summed E-state index contributed by atoms with van der Waals surface area (Å²) in [5, 5.41) is 13.7. The molecule has 2 rings (SSSR count). The molecule has 3 N–H and O–H groups in total. The van der Waals surface area contributed by atoms with Gasteiger partial charge in [-0.05, 0) is 25.8 Å². The normalized spacial score (nSPS) is 28.4. The van der Waals surface area contributed by atoms with Crippen molar-refractivity contribution < 1.29 is 9.90 Å². The molecule has 0 aliphatic heterocycles. The average Bonchev–Trinajstić information content (AvgIpc) is 2.90. The van der Waals surface area contributed by atoms with Gasteiger partial charge in [-0.25, -0.2) is 4.98 Å². The second-order valence-corrected chi connectivity index (χ2v) is 5.58. The number of H-pyrrole nitrogens is 1. The highest BCUT2D eigenvalue weighted by atomic mass is 32.2. The van der Waals surface area contributed by atoms with Crippen molar-refractivity contribution in [2.45, 2.75) is 42.1 Å². The number of thioether (sulfide) groups is 1. The average molecular weight is 255 g/mol. The van der Waals surface area contributed by atoms with E-state index < -0.39 is 11.5 Å². The maximum absolute atomic E-state index is 11.4. The molecular weight excluding hydrogens is 238 g/mol. The van der Waals surface area contributed by atoms with Gasteiger partial charge in [-0.3, -0.25) is 4.79 Å². The molecule has 2 atom stereocenters. The van der Waals surface area contributed by atoms with E-state index in [0.717, 1.165) is 11.6 Å². The molecular formula is C11H17N3O2S. The number of carboxylic acid groups (broad SMARTS) is 1. The quantitative estimate of drug-likeness (QED) is 0.743. The van der Waals surface area contributed by atoms with E-state index >= 15 is 0 Å². The highest BCUT2D eigenvalue weighted by Gasteiger charge is 2.45. The highest BCUT2D eigenvalue weighted by Crippen LogP contribution is 2.39. The van der Waals surface area contributed by atoms with Gasteiger partial charge in [0, 0.05) is 17.6 Å². The minimum absolute atomic E-state index is 0.316. The summed E-state index contributed by atoms with van der Waals surface area (Å²) in [6.45, 7) is 2.63. The molecule has 1 aromatic heterocycles. The summed E-state index contributed by atoms with van der Waals surface area (Å²) in [5.41, 5.74) is -0.737. The predicted molar refractivity (Wildman–Crippen MR) is 66.1 cm³/mol. The van der Waals surface area contributed by atoms with Gasteiger partial charge in [0.1, 0.15) is 5.54 Å². The van der Waals surface area contributed by atoms with Crippen LogP contribution in [0.3, 0.4) is 0 Å². The molecule has 0 bridgehead atoms. The van der Waals surface area contributed by atoms with Crippen LogP contribution in [0.4, 0.5) is 0 Å². The molecule has 1 aromatic rings. The number of carboxylic acids is 1. The molecule has 94 valence electrons. The Morgan fingerprint density at radius 2 is 2.65 bits per heavy atom. The Morgan fingerprint density at radius 3 is 3.24 bits per heavy atom. The van der Waals surface area contributed by atoms with Crippen LogP contribution in [0.15, 0.2) is 17.6 Å². The van der Waals surface area contributed by atoms with Crippen molar-refractivity contribution in [1.82, 2.24) is 15.3 Å². The van der Waals surface area contributed by atoms with Gasteiger partial charge in [0.05, 0.1) is 0 Å². The third-order valence-electron chi connectivity index (χ3n) is 3.15. The zero-order valence-electron chi connectivity index (χ0n) is 9.77. The van der Waals surface area contributed by atoms with Gasteiger partial charge in [0.2, 0.25) is 0 Å². The van der Waals surface area contributed by atoms with Crippen molar-refractivity contribution in [3.8, 4) is 0 Å². The van der Waals surface area contributed by atoms with Crippen molar-refractivity contribution in [2.24, 2.45) is 0 Å². The lowest BCUT2D eigenvalue weighted by Crippen LogP contribution is -2.50. The van der Waals surface area contributed by atoms with E-state index in [2.05, 4.69) is 15.3 Å². The lowest BCUT2D eigenvalue weighted by molar-refractivity contribution is -0.144. The van der Waals surface area contributed by atoms with Crippen LogP contribution in [-0.2, 0) is 4.79 Å². The number of imidazole rings is 1. The molecule has 0 radical (unpaired) electrons. The summed E-state index contributed by atoms with van der Waals surface area (Å²) in [4.78, 5) is 18.6. The smallest absolute Gasteiger partial charge is 0.323 e. The van der Waals surface area contributed by atoms with Crippen LogP contribution >= 0.6 is 11.8 Å². The molecule has 1 aliphatic rings. The first-order valence-electron chi connectivity index (χ1n) is 5.81. The largest absolute Gasteiger partial charge is 0.480 e. The Balaban J connectivity index is 1.99. The van der Waals surface area contributed by atoms with Crippen LogP contribution in [-0.4, -0.2) is 38.4 Å². The van der Waals surface area contributed by atoms with Gasteiger partial charge in [-0.1, -0.05) is 18.7 Å². The van der Waals surface area contributed by atoms with Gasteiger partial charge >= 0.3 is 5.97 Å². The van der Waals surface area contributed by atoms with Crippen LogP contribution in [0.2, 0.25) is 0 Å². The Labute approximate surface area is 104 Å². The van der Waals surface area contributed by atoms with Crippen molar-refractivity contribution in [2.75, 3.05) is 6.54 Å². The lowest BCUT2D eigenvalue weighted by atomic mass is 9.98. The summed E-state index contributed by atoms with van der Waals surface area (Å²) in [6.07, 6.45) is 5.75. The number of aliphatic carboxylic acids is 1. The summed E-state index contributed by atoms with van der Waals surface area (Å²) >= 11 is 1.63. The zero-order valence-corrected chi connectivity index (χ0v) is 10.6. The van der Waals surface area contributed by atoms with Crippen LogP contribution in [0.5, 0.6) is 0 Å². The number of hydrogen-bond acceptors (Lipinski definition) is 4. The molecule has 1 heterocycles. The second kappa shape index (κ2) is 5.10. The summed E-state index contributed by atoms with van der Waals surface area (Å²) < 4.78 is 0. The molecule has 2 unspecified atom stereocenters. The van der Waals surface area contributed by atoms with Crippen LogP contribution < -0.4 is 5.32 Å². The topological polar surface area (TPSA) is 78.0 Å². The first kappa shape index (κ1) is 12.4.